The highest BCUT2D eigenvalue weighted by molar-refractivity contribution is 5.85. The van der Waals surface area contributed by atoms with Gasteiger partial charge in [0.1, 0.15) is 11.6 Å². The molecule has 0 radical (unpaired) electrons. The van der Waals surface area contributed by atoms with E-state index in [9.17, 15) is 13.6 Å². The molecule has 1 N–H and O–H groups in total. The number of hydrazone groups is 1. The second-order valence-electron chi connectivity index (χ2n) is 5.61. The number of carbonyl (C=O) groups excluding carboxylic acids is 1. The van der Waals surface area contributed by atoms with Gasteiger partial charge in [-0.2, -0.15) is 5.10 Å². The van der Waals surface area contributed by atoms with Crippen LogP contribution in [0.25, 0.3) is 0 Å². The summed E-state index contributed by atoms with van der Waals surface area (Å²) in [6.45, 7) is 0.987. The van der Waals surface area contributed by atoms with Gasteiger partial charge in [0.15, 0.2) is 0 Å². The fourth-order valence-corrected chi connectivity index (χ4v) is 2.76. The maximum absolute atomic E-state index is 13.5. The predicted octanol–water partition coefficient (Wildman–Crippen LogP) is 2.87. The summed E-state index contributed by atoms with van der Waals surface area (Å²) in [4.78, 5) is 14.0. The van der Waals surface area contributed by atoms with Crippen molar-refractivity contribution in [2.75, 3.05) is 18.0 Å². The number of halogens is 2. The Labute approximate surface area is 138 Å². The molecular formula is C18H17F2N3O. The second-order valence-corrected chi connectivity index (χ2v) is 5.61. The van der Waals surface area contributed by atoms with Crippen molar-refractivity contribution in [1.29, 1.82) is 0 Å². The Morgan fingerprint density at radius 3 is 2.92 bits per heavy atom. The predicted molar refractivity (Wildman–Crippen MR) is 89.1 cm³/mol. The SMILES string of the molecule is O=C(CN1CCCc2ccccc21)N/N=C/c1ccc(F)cc1F. The van der Waals surface area contributed by atoms with Crippen LogP contribution >= 0.6 is 0 Å². The van der Waals surface area contributed by atoms with E-state index in [1.807, 2.05) is 23.1 Å². The third kappa shape index (κ3) is 3.76. The van der Waals surface area contributed by atoms with Crippen LogP contribution in [0.5, 0.6) is 0 Å². The Bertz CT molecular complexity index is 777. The van der Waals surface area contributed by atoms with Crippen LogP contribution in [0.3, 0.4) is 0 Å². The number of aryl methyl sites for hydroxylation is 1. The Morgan fingerprint density at radius 2 is 2.08 bits per heavy atom. The minimum absolute atomic E-state index is 0.111. The summed E-state index contributed by atoms with van der Waals surface area (Å²) >= 11 is 0. The van der Waals surface area contributed by atoms with Gasteiger partial charge in [-0.15, -0.1) is 0 Å². The molecule has 4 nitrogen and oxygen atoms in total. The number of amides is 1. The molecule has 1 heterocycles. The van der Waals surface area contributed by atoms with E-state index in [1.54, 1.807) is 0 Å². The smallest absolute Gasteiger partial charge is 0.259 e. The van der Waals surface area contributed by atoms with Crippen LogP contribution in [0.4, 0.5) is 14.5 Å². The minimum Gasteiger partial charge on any atom is -0.362 e. The van der Waals surface area contributed by atoms with Gasteiger partial charge in [-0.05, 0) is 36.6 Å². The molecule has 0 aromatic heterocycles. The zero-order valence-electron chi connectivity index (χ0n) is 13.0. The number of nitrogens with one attached hydrogen (secondary N) is 1. The van der Waals surface area contributed by atoms with Gasteiger partial charge in [0.05, 0.1) is 12.8 Å². The summed E-state index contributed by atoms with van der Waals surface area (Å²) in [7, 11) is 0. The quantitative estimate of drug-likeness (QED) is 0.692. The van der Waals surface area contributed by atoms with Crippen molar-refractivity contribution in [2.24, 2.45) is 5.10 Å². The third-order valence-corrected chi connectivity index (χ3v) is 3.90. The van der Waals surface area contributed by atoms with Crippen molar-refractivity contribution in [1.82, 2.24) is 5.43 Å². The topological polar surface area (TPSA) is 44.7 Å². The van der Waals surface area contributed by atoms with Gasteiger partial charge in [0.25, 0.3) is 5.91 Å². The summed E-state index contributed by atoms with van der Waals surface area (Å²) in [6, 6.07) is 11.2. The molecule has 0 atom stereocenters. The van der Waals surface area contributed by atoms with Gasteiger partial charge < -0.3 is 4.90 Å². The second kappa shape index (κ2) is 7.21. The molecule has 0 fully saturated rings. The number of fused-ring (bicyclic) bond motifs is 1. The van der Waals surface area contributed by atoms with Crippen LogP contribution in [-0.4, -0.2) is 25.2 Å². The lowest BCUT2D eigenvalue weighted by Gasteiger charge is -2.30. The maximum Gasteiger partial charge on any atom is 0.259 e. The Morgan fingerprint density at radius 1 is 1.25 bits per heavy atom. The lowest BCUT2D eigenvalue weighted by Crippen LogP contribution is -2.38. The summed E-state index contributed by atoms with van der Waals surface area (Å²) in [6.07, 6.45) is 3.17. The number of para-hydroxylation sites is 1. The highest BCUT2D eigenvalue weighted by atomic mass is 19.1. The summed E-state index contributed by atoms with van der Waals surface area (Å²) in [5.74, 6) is -1.67. The number of carbonyl (C=O) groups is 1. The van der Waals surface area contributed by atoms with Crippen LogP contribution in [0, 0.1) is 11.6 Å². The van der Waals surface area contributed by atoms with Gasteiger partial charge in [-0.25, -0.2) is 14.2 Å². The van der Waals surface area contributed by atoms with E-state index in [0.29, 0.717) is 0 Å². The molecule has 124 valence electrons. The monoisotopic (exact) mass is 329 g/mol. The fourth-order valence-electron chi connectivity index (χ4n) is 2.76. The zero-order chi connectivity index (χ0) is 16.9. The number of nitrogens with zero attached hydrogens (tertiary/aromatic N) is 2. The summed E-state index contributed by atoms with van der Waals surface area (Å²) < 4.78 is 26.3. The molecule has 0 unspecified atom stereocenters. The molecule has 1 amide bonds. The highest BCUT2D eigenvalue weighted by Gasteiger charge is 2.18. The van der Waals surface area contributed by atoms with Gasteiger partial charge in [0.2, 0.25) is 0 Å². The molecule has 6 heteroatoms. The van der Waals surface area contributed by atoms with Crippen molar-refractivity contribution >= 4 is 17.8 Å². The largest absolute Gasteiger partial charge is 0.362 e. The first-order valence-corrected chi connectivity index (χ1v) is 7.73. The van der Waals surface area contributed by atoms with Gasteiger partial charge in [-0.3, -0.25) is 4.79 Å². The number of hydrogen-bond donors (Lipinski definition) is 1. The average Bonchev–Trinajstić information content (AvgIpc) is 2.57. The minimum atomic E-state index is -0.724. The average molecular weight is 329 g/mol. The normalized spacial score (nSPS) is 13.8. The Hall–Kier alpha value is -2.76. The number of anilines is 1. The van der Waals surface area contributed by atoms with Crippen molar-refractivity contribution in [3.05, 3.63) is 65.2 Å². The van der Waals surface area contributed by atoms with Crippen molar-refractivity contribution < 1.29 is 13.6 Å². The molecule has 24 heavy (non-hydrogen) atoms. The molecule has 0 saturated carbocycles. The van der Waals surface area contributed by atoms with E-state index < -0.39 is 11.6 Å². The molecule has 2 aromatic rings. The molecule has 0 saturated heterocycles. The summed E-state index contributed by atoms with van der Waals surface area (Å²) in [5, 5.41) is 3.74. The van der Waals surface area contributed by atoms with Crippen molar-refractivity contribution in [2.45, 2.75) is 12.8 Å². The van der Waals surface area contributed by atoms with E-state index >= 15 is 0 Å². The fraction of sp³-hybridized carbons (Fsp3) is 0.222. The van der Waals surface area contributed by atoms with E-state index in [0.717, 1.165) is 43.4 Å². The lowest BCUT2D eigenvalue weighted by atomic mass is 10.0. The third-order valence-electron chi connectivity index (χ3n) is 3.90. The zero-order valence-corrected chi connectivity index (χ0v) is 13.0. The molecule has 0 bridgehead atoms. The molecular weight excluding hydrogens is 312 g/mol. The van der Waals surface area contributed by atoms with Gasteiger partial charge >= 0.3 is 0 Å². The number of rotatable bonds is 4. The molecule has 0 aliphatic carbocycles. The van der Waals surface area contributed by atoms with E-state index in [1.165, 1.54) is 11.6 Å². The maximum atomic E-state index is 13.5. The van der Waals surface area contributed by atoms with Crippen LogP contribution < -0.4 is 10.3 Å². The van der Waals surface area contributed by atoms with E-state index in [4.69, 9.17) is 0 Å². The molecule has 1 aliphatic rings. The van der Waals surface area contributed by atoms with Crippen LogP contribution in [0.15, 0.2) is 47.6 Å². The number of benzene rings is 2. The Balaban J connectivity index is 1.59. The first-order chi connectivity index (χ1) is 11.6. The van der Waals surface area contributed by atoms with E-state index in [2.05, 4.69) is 16.6 Å². The molecule has 1 aliphatic heterocycles. The highest BCUT2D eigenvalue weighted by Crippen LogP contribution is 2.26. The Kier molecular flexibility index (Phi) is 4.84. The van der Waals surface area contributed by atoms with Crippen molar-refractivity contribution in [3.63, 3.8) is 0 Å². The van der Waals surface area contributed by atoms with Gasteiger partial charge in [0, 0.05) is 23.9 Å². The summed E-state index contributed by atoms with van der Waals surface area (Å²) in [5.41, 5.74) is 4.78. The first-order valence-electron chi connectivity index (χ1n) is 7.73. The molecule has 3 rings (SSSR count). The van der Waals surface area contributed by atoms with Crippen LogP contribution in [-0.2, 0) is 11.2 Å². The van der Waals surface area contributed by atoms with Crippen LogP contribution in [0.1, 0.15) is 17.5 Å². The standard InChI is InChI=1S/C18H17F2N3O/c19-15-8-7-14(16(20)10-15)11-21-22-18(24)12-23-9-3-5-13-4-1-2-6-17(13)23/h1-2,4,6-8,10-11H,3,5,9,12H2,(H,22,24)/b21-11+. The first kappa shape index (κ1) is 16.1. The van der Waals surface area contributed by atoms with Gasteiger partial charge in [-0.1, -0.05) is 18.2 Å². The van der Waals surface area contributed by atoms with Crippen LogP contribution in [0.2, 0.25) is 0 Å². The van der Waals surface area contributed by atoms with E-state index in [-0.39, 0.29) is 18.0 Å². The van der Waals surface area contributed by atoms with Crippen molar-refractivity contribution in [3.8, 4) is 0 Å². The number of hydrogen-bond acceptors (Lipinski definition) is 3. The molecule has 0 spiro atoms. The molecule has 2 aromatic carbocycles. The lowest BCUT2D eigenvalue weighted by molar-refractivity contribution is -0.119.